The number of aromatic carboxylic acids is 1. The van der Waals surface area contributed by atoms with Crippen LogP contribution in [-0.4, -0.2) is 28.1 Å². The maximum Gasteiger partial charge on any atom is 0.355 e. The van der Waals surface area contributed by atoms with Crippen molar-refractivity contribution in [1.29, 1.82) is 0 Å². The quantitative estimate of drug-likeness (QED) is 0.794. The smallest absolute Gasteiger partial charge is 0.355 e. The first-order chi connectivity index (χ1) is 9.54. The molecule has 1 fully saturated rings. The van der Waals surface area contributed by atoms with E-state index in [-0.39, 0.29) is 24.3 Å². The van der Waals surface area contributed by atoms with Gasteiger partial charge < -0.3 is 15.7 Å². The largest absolute Gasteiger partial charge is 0.476 e. The molecule has 0 aromatic carbocycles. The van der Waals surface area contributed by atoms with Crippen molar-refractivity contribution >= 4 is 23.3 Å². The summed E-state index contributed by atoms with van der Waals surface area (Å²) in [5.41, 5.74) is 0.0216. The summed E-state index contributed by atoms with van der Waals surface area (Å²) in [5, 5.41) is 16.5. The molecule has 1 aromatic heterocycles. The van der Waals surface area contributed by atoms with Gasteiger partial charge in [0.15, 0.2) is 5.69 Å². The van der Waals surface area contributed by atoms with Crippen LogP contribution in [0.3, 0.4) is 0 Å². The number of urea groups is 1. The SMILES string of the molecule is CC1CCCC(NC(=O)NCc2nc(C(=O)O)cs2)C1. The maximum absolute atomic E-state index is 11.8. The van der Waals surface area contributed by atoms with Crippen LogP contribution in [0.1, 0.15) is 48.1 Å². The van der Waals surface area contributed by atoms with Crippen molar-refractivity contribution in [2.75, 3.05) is 0 Å². The topological polar surface area (TPSA) is 91.3 Å². The van der Waals surface area contributed by atoms with E-state index in [0.29, 0.717) is 10.9 Å². The molecule has 1 saturated carbocycles. The Bertz CT molecular complexity index is 489. The molecular weight excluding hydrogens is 278 g/mol. The number of carbonyl (C=O) groups is 2. The van der Waals surface area contributed by atoms with Gasteiger partial charge in [-0.25, -0.2) is 14.6 Å². The second-order valence-corrected chi connectivity index (χ2v) is 6.17. The van der Waals surface area contributed by atoms with Gasteiger partial charge in [0.1, 0.15) is 5.01 Å². The fourth-order valence-corrected chi connectivity index (χ4v) is 3.16. The monoisotopic (exact) mass is 297 g/mol. The average molecular weight is 297 g/mol. The van der Waals surface area contributed by atoms with Crippen LogP contribution in [0.5, 0.6) is 0 Å². The zero-order valence-corrected chi connectivity index (χ0v) is 12.2. The highest BCUT2D eigenvalue weighted by Crippen LogP contribution is 2.23. The third-order valence-electron chi connectivity index (χ3n) is 3.44. The predicted molar refractivity (Wildman–Crippen MR) is 75.9 cm³/mol. The van der Waals surface area contributed by atoms with Gasteiger partial charge in [0.05, 0.1) is 6.54 Å². The van der Waals surface area contributed by atoms with Crippen LogP contribution in [0.2, 0.25) is 0 Å². The zero-order chi connectivity index (χ0) is 14.5. The lowest BCUT2D eigenvalue weighted by Gasteiger charge is -2.27. The average Bonchev–Trinajstić information content (AvgIpc) is 2.85. The summed E-state index contributed by atoms with van der Waals surface area (Å²) < 4.78 is 0. The minimum absolute atomic E-state index is 0.0216. The molecule has 6 nitrogen and oxygen atoms in total. The van der Waals surface area contributed by atoms with Crippen LogP contribution >= 0.6 is 11.3 Å². The molecule has 1 heterocycles. The molecule has 2 rings (SSSR count). The molecule has 2 unspecified atom stereocenters. The number of nitrogens with zero attached hydrogens (tertiary/aromatic N) is 1. The van der Waals surface area contributed by atoms with E-state index in [9.17, 15) is 9.59 Å². The molecule has 0 saturated heterocycles. The lowest BCUT2D eigenvalue weighted by molar-refractivity contribution is 0.0691. The van der Waals surface area contributed by atoms with E-state index < -0.39 is 5.97 Å². The summed E-state index contributed by atoms with van der Waals surface area (Å²) >= 11 is 1.23. The molecule has 0 radical (unpaired) electrons. The maximum atomic E-state index is 11.8. The van der Waals surface area contributed by atoms with Crippen molar-refractivity contribution < 1.29 is 14.7 Å². The van der Waals surface area contributed by atoms with Gasteiger partial charge in [0.2, 0.25) is 0 Å². The van der Waals surface area contributed by atoms with Crippen LogP contribution < -0.4 is 10.6 Å². The van der Waals surface area contributed by atoms with Gasteiger partial charge in [-0.05, 0) is 18.8 Å². The minimum Gasteiger partial charge on any atom is -0.476 e. The predicted octanol–water partition coefficient (Wildman–Crippen LogP) is 2.22. The normalized spacial score (nSPS) is 22.2. The highest BCUT2D eigenvalue weighted by Gasteiger charge is 2.20. The second-order valence-electron chi connectivity index (χ2n) is 5.23. The Labute approximate surface area is 121 Å². The molecule has 1 aromatic rings. The van der Waals surface area contributed by atoms with Crippen LogP contribution in [0.25, 0.3) is 0 Å². The Morgan fingerprint density at radius 2 is 2.30 bits per heavy atom. The molecule has 1 aliphatic carbocycles. The first-order valence-corrected chi connectivity index (χ1v) is 7.64. The van der Waals surface area contributed by atoms with Crippen LogP contribution in [0.15, 0.2) is 5.38 Å². The third-order valence-corrected chi connectivity index (χ3v) is 4.29. The van der Waals surface area contributed by atoms with E-state index in [1.54, 1.807) is 0 Å². The molecule has 0 aliphatic heterocycles. The third kappa shape index (κ3) is 4.19. The van der Waals surface area contributed by atoms with Crippen molar-refractivity contribution in [1.82, 2.24) is 15.6 Å². The number of rotatable bonds is 4. The van der Waals surface area contributed by atoms with E-state index in [0.717, 1.165) is 19.3 Å². The molecule has 7 heteroatoms. The summed E-state index contributed by atoms with van der Waals surface area (Å²) in [4.78, 5) is 26.4. The second kappa shape index (κ2) is 6.69. The number of hydrogen-bond acceptors (Lipinski definition) is 4. The zero-order valence-electron chi connectivity index (χ0n) is 11.4. The number of hydrogen-bond donors (Lipinski definition) is 3. The van der Waals surface area contributed by atoms with Crippen molar-refractivity contribution in [2.45, 2.75) is 45.2 Å². The number of carboxylic acids is 1. The van der Waals surface area contributed by atoms with Crippen molar-refractivity contribution in [3.8, 4) is 0 Å². The van der Waals surface area contributed by atoms with Gasteiger partial charge in [-0.3, -0.25) is 0 Å². The van der Waals surface area contributed by atoms with Gasteiger partial charge >= 0.3 is 12.0 Å². The van der Waals surface area contributed by atoms with Gasteiger partial charge in [-0.15, -0.1) is 11.3 Å². The lowest BCUT2D eigenvalue weighted by Crippen LogP contribution is -2.43. The van der Waals surface area contributed by atoms with Gasteiger partial charge in [-0.1, -0.05) is 19.8 Å². The van der Waals surface area contributed by atoms with E-state index >= 15 is 0 Å². The molecule has 110 valence electrons. The molecule has 20 heavy (non-hydrogen) atoms. The van der Waals surface area contributed by atoms with Gasteiger partial charge in [0, 0.05) is 11.4 Å². The van der Waals surface area contributed by atoms with Gasteiger partial charge in [-0.2, -0.15) is 0 Å². The molecule has 3 N–H and O–H groups in total. The Balaban J connectivity index is 1.75. The molecule has 0 bridgehead atoms. The van der Waals surface area contributed by atoms with E-state index in [2.05, 4.69) is 22.5 Å². The van der Waals surface area contributed by atoms with E-state index in [1.807, 2.05) is 0 Å². The number of nitrogens with one attached hydrogen (secondary N) is 2. The van der Waals surface area contributed by atoms with E-state index in [4.69, 9.17) is 5.11 Å². The molecule has 0 spiro atoms. The minimum atomic E-state index is -1.05. The van der Waals surface area contributed by atoms with Crippen molar-refractivity contribution in [3.05, 3.63) is 16.1 Å². The number of amides is 2. The first-order valence-electron chi connectivity index (χ1n) is 6.76. The molecule has 2 amide bonds. The Kier molecular flexibility index (Phi) is 4.94. The molecule has 1 aliphatic rings. The van der Waals surface area contributed by atoms with E-state index in [1.165, 1.54) is 23.1 Å². The number of carbonyl (C=O) groups excluding carboxylic acids is 1. The fourth-order valence-electron chi connectivity index (χ4n) is 2.45. The van der Waals surface area contributed by atoms with Crippen LogP contribution in [0, 0.1) is 5.92 Å². The lowest BCUT2D eigenvalue weighted by atomic mass is 9.87. The highest BCUT2D eigenvalue weighted by molar-refractivity contribution is 7.09. The molecule has 2 atom stereocenters. The summed E-state index contributed by atoms with van der Waals surface area (Å²) in [6, 6.07) is 0.0285. The van der Waals surface area contributed by atoms with Gasteiger partial charge in [0.25, 0.3) is 0 Å². The Hall–Kier alpha value is -1.63. The Morgan fingerprint density at radius 1 is 1.50 bits per heavy atom. The standard InChI is InChI=1S/C13H19N3O3S/c1-8-3-2-4-9(5-8)15-13(19)14-6-11-16-10(7-20-11)12(17)18/h7-9H,2-6H2,1H3,(H,17,18)(H2,14,15,19). The number of thiazole rings is 1. The summed E-state index contributed by atoms with van der Waals surface area (Å²) in [7, 11) is 0. The summed E-state index contributed by atoms with van der Waals surface area (Å²) in [6.45, 7) is 2.46. The molecular formula is C13H19N3O3S. The highest BCUT2D eigenvalue weighted by atomic mass is 32.1. The number of carboxylic acid groups (broad SMARTS) is 1. The summed E-state index contributed by atoms with van der Waals surface area (Å²) in [6.07, 6.45) is 4.43. The Morgan fingerprint density at radius 3 is 2.95 bits per heavy atom. The fraction of sp³-hybridized carbons (Fsp3) is 0.615. The number of aromatic nitrogens is 1. The first kappa shape index (κ1) is 14.8. The van der Waals surface area contributed by atoms with Crippen LogP contribution in [0.4, 0.5) is 4.79 Å². The van der Waals surface area contributed by atoms with Crippen LogP contribution in [-0.2, 0) is 6.54 Å². The van der Waals surface area contributed by atoms with Crippen molar-refractivity contribution in [2.24, 2.45) is 5.92 Å². The summed E-state index contributed by atoms with van der Waals surface area (Å²) in [5.74, 6) is -0.390. The van der Waals surface area contributed by atoms with Crippen molar-refractivity contribution in [3.63, 3.8) is 0 Å².